The fourth-order valence-corrected chi connectivity index (χ4v) is 3.36. The monoisotopic (exact) mass is 313 g/mol. The Morgan fingerprint density at radius 2 is 1.95 bits per heavy atom. The number of nitrogens with zero attached hydrogens (tertiary/aromatic N) is 1. The summed E-state index contributed by atoms with van der Waals surface area (Å²) in [6, 6.07) is 5.26. The average Bonchev–Trinajstić information content (AvgIpc) is 2.37. The Kier molecular flexibility index (Phi) is 4.49. The molecule has 0 atom stereocenters. The Labute approximate surface area is 125 Å². The van der Waals surface area contributed by atoms with Crippen LogP contribution in [0.1, 0.15) is 19.3 Å². The number of nitrogens with one attached hydrogen (secondary N) is 1. The van der Waals surface area contributed by atoms with Gasteiger partial charge in [0.2, 0.25) is 0 Å². The van der Waals surface area contributed by atoms with Crippen LogP contribution in [0.4, 0.5) is 11.4 Å². The molecule has 1 heterocycles. The highest BCUT2D eigenvalue weighted by Gasteiger charge is 2.17. The molecule has 0 radical (unpaired) electrons. The van der Waals surface area contributed by atoms with E-state index in [1.165, 1.54) is 12.7 Å². The van der Waals surface area contributed by atoms with Gasteiger partial charge in [-0.1, -0.05) is 0 Å². The summed E-state index contributed by atoms with van der Waals surface area (Å²) in [7, 11) is -3.32. The normalized spacial score (nSPS) is 15.9. The Balaban J connectivity index is 2.39. The second-order valence-electron chi connectivity index (χ2n) is 4.99. The molecule has 0 unspecified atom stereocenters. The second-order valence-corrected chi connectivity index (χ2v) is 7.41. The zero-order valence-corrected chi connectivity index (χ0v) is 13.1. The van der Waals surface area contributed by atoms with Crippen molar-refractivity contribution in [3.63, 3.8) is 0 Å². The molecule has 5 nitrogen and oxygen atoms in total. The number of piperidine rings is 1. The van der Waals surface area contributed by atoms with Gasteiger partial charge in [0.1, 0.15) is 0 Å². The largest absolute Gasteiger partial charge is 0.376 e. The van der Waals surface area contributed by atoms with Crippen LogP contribution in [0.15, 0.2) is 23.1 Å². The van der Waals surface area contributed by atoms with Crippen molar-refractivity contribution in [2.45, 2.75) is 24.2 Å². The minimum atomic E-state index is -3.32. The Morgan fingerprint density at radius 1 is 1.30 bits per heavy atom. The molecule has 7 heteroatoms. The van der Waals surface area contributed by atoms with E-state index < -0.39 is 9.84 Å². The third-order valence-electron chi connectivity index (χ3n) is 3.34. The van der Waals surface area contributed by atoms with E-state index in [2.05, 4.69) is 10.2 Å². The van der Waals surface area contributed by atoms with Crippen LogP contribution in [-0.4, -0.2) is 32.9 Å². The summed E-state index contributed by atoms with van der Waals surface area (Å²) in [6.07, 6.45) is 4.74. The van der Waals surface area contributed by atoms with Gasteiger partial charge in [-0.05, 0) is 49.7 Å². The molecule has 1 aromatic rings. The van der Waals surface area contributed by atoms with Gasteiger partial charge >= 0.3 is 0 Å². The van der Waals surface area contributed by atoms with Crippen LogP contribution in [0.2, 0.25) is 0 Å². The third kappa shape index (κ3) is 3.61. The van der Waals surface area contributed by atoms with Gasteiger partial charge in [-0.15, -0.1) is 0 Å². The highest BCUT2D eigenvalue weighted by atomic mass is 32.2. The van der Waals surface area contributed by atoms with Crippen molar-refractivity contribution >= 4 is 38.5 Å². The molecule has 1 aliphatic rings. The fourth-order valence-electron chi connectivity index (χ4n) is 2.42. The average molecular weight is 313 g/mol. The Bertz CT molecular complexity index is 608. The summed E-state index contributed by atoms with van der Waals surface area (Å²) in [5.41, 5.74) is 6.92. The van der Waals surface area contributed by atoms with E-state index in [9.17, 15) is 8.42 Å². The number of nitrogens with two attached hydrogens (primary N) is 1. The van der Waals surface area contributed by atoms with Crippen molar-refractivity contribution in [3.05, 3.63) is 18.2 Å². The number of sulfone groups is 1. The van der Waals surface area contributed by atoms with E-state index in [-0.39, 0.29) is 10.0 Å². The Hall–Kier alpha value is -1.34. The second kappa shape index (κ2) is 5.97. The van der Waals surface area contributed by atoms with Gasteiger partial charge < -0.3 is 16.0 Å². The zero-order valence-electron chi connectivity index (χ0n) is 11.4. The molecule has 3 N–H and O–H groups in total. The number of thiocarbonyl (C=S) groups is 1. The van der Waals surface area contributed by atoms with Crippen molar-refractivity contribution in [3.8, 4) is 0 Å². The van der Waals surface area contributed by atoms with E-state index in [4.69, 9.17) is 18.0 Å². The van der Waals surface area contributed by atoms with Crippen LogP contribution in [-0.2, 0) is 9.84 Å². The molecule has 0 spiro atoms. The highest BCUT2D eigenvalue weighted by molar-refractivity contribution is 7.90. The number of benzene rings is 1. The summed E-state index contributed by atoms with van der Waals surface area (Å²) < 4.78 is 23.6. The quantitative estimate of drug-likeness (QED) is 0.828. The first kappa shape index (κ1) is 15.1. The topological polar surface area (TPSA) is 75.4 Å². The maximum Gasteiger partial charge on any atom is 0.177 e. The first-order valence-corrected chi connectivity index (χ1v) is 8.83. The van der Waals surface area contributed by atoms with Gasteiger partial charge in [0, 0.05) is 25.0 Å². The lowest BCUT2D eigenvalue weighted by molar-refractivity contribution is 0.577. The molecule has 1 aliphatic heterocycles. The molecular formula is C13H19N3O2S2. The first-order chi connectivity index (χ1) is 9.38. The molecular weight excluding hydrogens is 294 g/mol. The van der Waals surface area contributed by atoms with E-state index in [1.54, 1.807) is 12.1 Å². The van der Waals surface area contributed by atoms with Gasteiger partial charge in [-0.3, -0.25) is 0 Å². The lowest BCUT2D eigenvalue weighted by Crippen LogP contribution is -2.29. The smallest absolute Gasteiger partial charge is 0.177 e. The van der Waals surface area contributed by atoms with E-state index in [0.29, 0.717) is 5.69 Å². The molecule has 110 valence electrons. The fraction of sp³-hybridized carbons (Fsp3) is 0.462. The van der Waals surface area contributed by atoms with E-state index in [1.807, 2.05) is 6.07 Å². The number of hydrogen-bond acceptors (Lipinski definition) is 4. The predicted molar refractivity (Wildman–Crippen MR) is 86.0 cm³/mol. The molecule has 0 aromatic heterocycles. The van der Waals surface area contributed by atoms with Gasteiger partial charge in [0.15, 0.2) is 14.9 Å². The molecule has 0 amide bonds. The van der Waals surface area contributed by atoms with Gasteiger partial charge in [0.05, 0.1) is 10.6 Å². The van der Waals surface area contributed by atoms with Crippen molar-refractivity contribution in [2.75, 3.05) is 29.6 Å². The molecule has 1 saturated heterocycles. The van der Waals surface area contributed by atoms with Crippen LogP contribution < -0.4 is 16.0 Å². The Morgan fingerprint density at radius 3 is 2.50 bits per heavy atom. The number of anilines is 2. The minimum Gasteiger partial charge on any atom is -0.376 e. The van der Waals surface area contributed by atoms with Crippen LogP contribution in [0.3, 0.4) is 0 Å². The van der Waals surface area contributed by atoms with E-state index >= 15 is 0 Å². The molecule has 1 fully saturated rings. The molecule has 1 aromatic carbocycles. The van der Waals surface area contributed by atoms with Crippen LogP contribution >= 0.6 is 12.2 Å². The maximum atomic E-state index is 11.8. The van der Waals surface area contributed by atoms with E-state index in [0.717, 1.165) is 31.6 Å². The molecule has 0 saturated carbocycles. The highest BCUT2D eigenvalue weighted by Crippen LogP contribution is 2.28. The summed E-state index contributed by atoms with van der Waals surface area (Å²) in [5.74, 6) is 0. The number of hydrogen-bond donors (Lipinski definition) is 2. The summed E-state index contributed by atoms with van der Waals surface area (Å²) in [4.78, 5) is 2.46. The van der Waals surface area contributed by atoms with Crippen molar-refractivity contribution < 1.29 is 8.42 Å². The van der Waals surface area contributed by atoms with Crippen molar-refractivity contribution in [2.24, 2.45) is 5.73 Å². The SMILES string of the molecule is CS(=O)(=O)c1ccc(N2CCCCC2)cc1NC(N)=S. The third-order valence-corrected chi connectivity index (χ3v) is 4.60. The summed E-state index contributed by atoms with van der Waals surface area (Å²) in [5, 5.41) is 2.82. The molecule has 0 bridgehead atoms. The predicted octanol–water partition coefficient (Wildman–Crippen LogP) is 1.74. The summed E-state index contributed by atoms with van der Waals surface area (Å²) >= 11 is 4.82. The van der Waals surface area contributed by atoms with Gasteiger partial charge in [0.25, 0.3) is 0 Å². The minimum absolute atomic E-state index is 0.0608. The van der Waals surface area contributed by atoms with Gasteiger partial charge in [-0.25, -0.2) is 8.42 Å². The molecule has 20 heavy (non-hydrogen) atoms. The lowest BCUT2D eigenvalue weighted by atomic mass is 10.1. The van der Waals surface area contributed by atoms with Crippen molar-refractivity contribution in [1.82, 2.24) is 0 Å². The zero-order chi connectivity index (χ0) is 14.8. The van der Waals surface area contributed by atoms with Crippen LogP contribution in [0.5, 0.6) is 0 Å². The van der Waals surface area contributed by atoms with Crippen LogP contribution in [0.25, 0.3) is 0 Å². The maximum absolute atomic E-state index is 11.8. The van der Waals surface area contributed by atoms with Crippen LogP contribution in [0, 0.1) is 0 Å². The lowest BCUT2D eigenvalue weighted by Gasteiger charge is -2.29. The molecule has 2 rings (SSSR count). The number of rotatable bonds is 3. The van der Waals surface area contributed by atoms with Gasteiger partial charge in [-0.2, -0.15) is 0 Å². The first-order valence-electron chi connectivity index (χ1n) is 6.53. The van der Waals surface area contributed by atoms with Crippen molar-refractivity contribution in [1.29, 1.82) is 0 Å². The standard InChI is InChI=1S/C13H19N3O2S2/c1-20(17,18)12-6-5-10(9-11(12)15-13(14)19)16-7-3-2-4-8-16/h5-6,9H,2-4,7-8H2,1H3,(H3,14,15,19). The summed E-state index contributed by atoms with van der Waals surface area (Å²) in [6.45, 7) is 1.98. The molecule has 0 aliphatic carbocycles.